The van der Waals surface area contributed by atoms with Crippen LogP contribution in [-0.4, -0.2) is 54.8 Å². The van der Waals surface area contributed by atoms with E-state index >= 15 is 0 Å². The van der Waals surface area contributed by atoms with Crippen LogP contribution in [0.15, 0.2) is 0 Å². The van der Waals surface area contributed by atoms with Gasteiger partial charge in [0.1, 0.15) is 0 Å². The predicted molar refractivity (Wildman–Crippen MR) is 53.6 cm³/mol. The van der Waals surface area contributed by atoms with Crippen molar-refractivity contribution >= 4 is 7.59 Å². The Bertz CT molecular complexity index is 240. The third-order valence-electron chi connectivity index (χ3n) is 3.17. The number of nitrogens with zero attached hydrogens (tertiary/aromatic N) is 3. The first kappa shape index (κ1) is 9.66. The molecular formula is C8H18N3OP. The van der Waals surface area contributed by atoms with Crippen molar-refractivity contribution in [3.63, 3.8) is 0 Å². The summed E-state index contributed by atoms with van der Waals surface area (Å²) in [5.74, 6) is 0. The molecule has 3 aliphatic heterocycles. The molecule has 0 aromatic rings. The number of hydrogen-bond donors (Lipinski definition) is 0. The molecule has 0 amide bonds. The number of hydrogen-bond acceptors (Lipinski definition) is 1. The molecule has 3 fully saturated rings. The van der Waals surface area contributed by atoms with Gasteiger partial charge in [-0.2, -0.15) is 0 Å². The summed E-state index contributed by atoms with van der Waals surface area (Å²) in [5, 5.41) is 0. The second-order valence-electron chi connectivity index (χ2n) is 4.77. The predicted octanol–water partition coefficient (Wildman–Crippen LogP) is 0.923. The summed E-state index contributed by atoms with van der Waals surface area (Å²) in [6, 6.07) is 0. The molecule has 0 unspecified atom stereocenters. The van der Waals surface area contributed by atoms with E-state index in [0.717, 1.165) is 19.6 Å². The molecule has 3 heterocycles. The average Bonchev–Trinajstić information content (AvgIpc) is 1.96. The lowest BCUT2D eigenvalue weighted by atomic mass is 9.90. The average molecular weight is 203 g/mol. The molecule has 0 spiro atoms. The van der Waals surface area contributed by atoms with Crippen LogP contribution in [0.2, 0.25) is 0 Å². The molecule has 2 bridgehead atoms. The maximum Gasteiger partial charge on any atom is 0.286 e. The standard InChI is InChI=1S/C8H18N3OP/c1-8-5-9(2)13(12,10(3)6-8)11(4)7-8/h5-7H2,1-4H3. The third-order valence-corrected chi connectivity index (χ3v) is 6.26. The highest BCUT2D eigenvalue weighted by Gasteiger charge is 2.53. The second-order valence-corrected chi connectivity index (χ2v) is 7.85. The fourth-order valence-corrected chi connectivity index (χ4v) is 6.01. The van der Waals surface area contributed by atoms with Gasteiger partial charge in [-0.1, -0.05) is 6.92 Å². The van der Waals surface area contributed by atoms with Gasteiger partial charge in [-0.25, -0.2) is 14.0 Å². The Labute approximate surface area is 80.0 Å². The Morgan fingerprint density at radius 3 is 1.62 bits per heavy atom. The van der Waals surface area contributed by atoms with E-state index < -0.39 is 7.59 Å². The molecule has 0 N–H and O–H groups in total. The maximum absolute atomic E-state index is 12.6. The molecule has 0 radical (unpaired) electrons. The van der Waals surface area contributed by atoms with Gasteiger partial charge in [0.05, 0.1) is 0 Å². The monoisotopic (exact) mass is 203 g/mol. The second kappa shape index (κ2) is 2.57. The summed E-state index contributed by atoms with van der Waals surface area (Å²) >= 11 is 0. The van der Waals surface area contributed by atoms with Gasteiger partial charge in [0, 0.05) is 25.0 Å². The first-order valence-electron chi connectivity index (χ1n) is 4.63. The van der Waals surface area contributed by atoms with Crippen LogP contribution in [-0.2, 0) is 4.57 Å². The van der Waals surface area contributed by atoms with Crippen molar-refractivity contribution < 1.29 is 4.57 Å². The quantitative estimate of drug-likeness (QED) is 0.547. The zero-order chi connectivity index (χ0) is 9.85. The normalized spacial score (nSPS) is 48.6. The summed E-state index contributed by atoms with van der Waals surface area (Å²) in [7, 11) is 3.54. The Hall–Kier alpha value is 0.110. The zero-order valence-electron chi connectivity index (χ0n) is 8.82. The summed E-state index contributed by atoms with van der Waals surface area (Å²) in [6.07, 6.45) is 0. The highest BCUT2D eigenvalue weighted by Crippen LogP contribution is 2.63. The number of rotatable bonds is 0. The van der Waals surface area contributed by atoms with E-state index in [9.17, 15) is 4.57 Å². The highest BCUT2D eigenvalue weighted by atomic mass is 31.2. The van der Waals surface area contributed by atoms with Crippen LogP contribution in [0.1, 0.15) is 6.92 Å². The Kier molecular flexibility index (Phi) is 1.91. The van der Waals surface area contributed by atoms with Gasteiger partial charge < -0.3 is 0 Å². The van der Waals surface area contributed by atoms with Gasteiger partial charge in [0.25, 0.3) is 7.59 Å². The van der Waals surface area contributed by atoms with Crippen LogP contribution in [0, 0.1) is 5.41 Å². The van der Waals surface area contributed by atoms with Crippen molar-refractivity contribution in [3.8, 4) is 0 Å². The van der Waals surface area contributed by atoms with Gasteiger partial charge in [-0.05, 0) is 21.1 Å². The third kappa shape index (κ3) is 1.13. The molecule has 3 saturated heterocycles. The summed E-state index contributed by atoms with van der Waals surface area (Å²) in [6.45, 7) is 5.13. The van der Waals surface area contributed by atoms with Crippen molar-refractivity contribution in [2.45, 2.75) is 6.92 Å². The minimum atomic E-state index is -2.34. The highest BCUT2D eigenvalue weighted by molar-refractivity contribution is 7.56. The van der Waals surface area contributed by atoms with E-state index in [0.29, 0.717) is 0 Å². The van der Waals surface area contributed by atoms with Gasteiger partial charge in [0.15, 0.2) is 0 Å². The lowest BCUT2D eigenvalue weighted by molar-refractivity contribution is 0.0809. The number of fused-ring (bicyclic) bond motifs is 3. The summed E-state index contributed by atoms with van der Waals surface area (Å²) < 4.78 is 18.6. The molecule has 0 aromatic heterocycles. The maximum atomic E-state index is 12.6. The summed E-state index contributed by atoms with van der Waals surface area (Å²) in [4.78, 5) is 0. The van der Waals surface area contributed by atoms with Crippen LogP contribution in [0.25, 0.3) is 0 Å². The Morgan fingerprint density at radius 1 is 1.00 bits per heavy atom. The molecule has 4 nitrogen and oxygen atoms in total. The van der Waals surface area contributed by atoms with Crippen LogP contribution in [0.5, 0.6) is 0 Å². The van der Waals surface area contributed by atoms with E-state index in [1.807, 2.05) is 35.2 Å². The molecule has 0 aliphatic carbocycles. The molecule has 5 heteroatoms. The van der Waals surface area contributed by atoms with Crippen LogP contribution in [0.3, 0.4) is 0 Å². The van der Waals surface area contributed by atoms with Crippen LogP contribution in [0.4, 0.5) is 0 Å². The van der Waals surface area contributed by atoms with Crippen molar-refractivity contribution in [1.29, 1.82) is 0 Å². The molecule has 76 valence electrons. The van der Waals surface area contributed by atoms with E-state index in [4.69, 9.17) is 0 Å². The Morgan fingerprint density at radius 2 is 1.31 bits per heavy atom. The minimum absolute atomic E-state index is 0.282. The topological polar surface area (TPSA) is 26.8 Å². The molecule has 0 saturated carbocycles. The molecule has 0 atom stereocenters. The molecule has 3 aliphatic rings. The lowest BCUT2D eigenvalue weighted by Gasteiger charge is -2.57. The van der Waals surface area contributed by atoms with Crippen LogP contribution < -0.4 is 0 Å². The van der Waals surface area contributed by atoms with Crippen molar-refractivity contribution in [2.75, 3.05) is 40.8 Å². The van der Waals surface area contributed by atoms with Crippen molar-refractivity contribution in [3.05, 3.63) is 0 Å². The van der Waals surface area contributed by atoms with E-state index in [2.05, 4.69) is 6.92 Å². The van der Waals surface area contributed by atoms with E-state index in [1.165, 1.54) is 0 Å². The Balaban J connectivity index is 2.42. The molecular weight excluding hydrogens is 185 g/mol. The van der Waals surface area contributed by atoms with E-state index in [-0.39, 0.29) is 5.41 Å². The fraction of sp³-hybridized carbons (Fsp3) is 1.00. The van der Waals surface area contributed by atoms with Gasteiger partial charge >= 0.3 is 0 Å². The van der Waals surface area contributed by atoms with Crippen molar-refractivity contribution in [2.24, 2.45) is 5.41 Å². The minimum Gasteiger partial charge on any atom is -0.270 e. The van der Waals surface area contributed by atoms with Gasteiger partial charge in [-0.15, -0.1) is 0 Å². The molecule has 3 rings (SSSR count). The zero-order valence-corrected chi connectivity index (χ0v) is 9.71. The largest absolute Gasteiger partial charge is 0.286 e. The van der Waals surface area contributed by atoms with Gasteiger partial charge in [-0.3, -0.25) is 4.57 Å². The molecule has 0 aromatic carbocycles. The molecule has 13 heavy (non-hydrogen) atoms. The first-order valence-corrected chi connectivity index (χ1v) is 6.20. The van der Waals surface area contributed by atoms with Crippen LogP contribution >= 0.6 is 7.59 Å². The van der Waals surface area contributed by atoms with E-state index in [1.54, 1.807) is 0 Å². The summed E-state index contributed by atoms with van der Waals surface area (Å²) in [5.41, 5.74) is 0.282. The smallest absolute Gasteiger partial charge is 0.270 e. The van der Waals surface area contributed by atoms with Gasteiger partial charge in [0.2, 0.25) is 0 Å². The fourth-order valence-electron chi connectivity index (χ4n) is 2.87. The van der Waals surface area contributed by atoms with Crippen molar-refractivity contribution in [1.82, 2.24) is 14.0 Å². The lowest BCUT2D eigenvalue weighted by Crippen LogP contribution is -2.60. The SMILES string of the molecule is CN1CC2(C)CN(C)P1(=O)N(C)C2. The first-order chi connectivity index (χ1) is 5.88.